The summed E-state index contributed by atoms with van der Waals surface area (Å²) in [6, 6.07) is 9.72. The lowest BCUT2D eigenvalue weighted by Crippen LogP contribution is -2.25. The van der Waals surface area contributed by atoms with Gasteiger partial charge in [0.05, 0.1) is 0 Å². The van der Waals surface area contributed by atoms with Gasteiger partial charge in [0.15, 0.2) is 0 Å². The number of nitrogens with zero attached hydrogens (tertiary/aromatic N) is 1. The number of hydrogen-bond donors (Lipinski definition) is 1. The number of carbonyl (C=O) groups excluding carboxylic acids is 2. The number of hydrogen-bond acceptors (Lipinski definition) is 3. The molecule has 0 saturated heterocycles. The van der Waals surface area contributed by atoms with Gasteiger partial charge in [-0.3, -0.25) is 9.59 Å². The molecule has 0 aromatic heterocycles. The number of rotatable bonds is 4. The Morgan fingerprint density at radius 3 is 2.69 bits per heavy atom. The second kappa shape index (κ2) is 7.11. The Kier molecular flexibility index (Phi) is 4.88. The fourth-order valence-electron chi connectivity index (χ4n) is 3.04. The first-order valence-electron chi connectivity index (χ1n) is 8.13. The first-order valence-corrected chi connectivity index (χ1v) is 8.13. The van der Waals surface area contributed by atoms with Crippen molar-refractivity contribution in [3.63, 3.8) is 0 Å². The maximum atomic E-state index is 12.5. The number of amides is 2. The average molecular weight is 360 g/mol. The highest BCUT2D eigenvalue weighted by Gasteiger charge is 2.23. The van der Waals surface area contributed by atoms with Crippen molar-refractivity contribution < 1.29 is 23.1 Å². The van der Waals surface area contributed by atoms with Gasteiger partial charge in [0.1, 0.15) is 5.75 Å². The van der Waals surface area contributed by atoms with Crippen molar-refractivity contribution in [3.8, 4) is 5.75 Å². The molecule has 2 amide bonds. The normalized spacial score (nSPS) is 12.9. The predicted octanol–water partition coefficient (Wildman–Crippen LogP) is 3.76. The van der Waals surface area contributed by atoms with Crippen molar-refractivity contribution in [2.45, 2.75) is 26.9 Å². The smallest absolute Gasteiger partial charge is 0.387 e. The largest absolute Gasteiger partial charge is 0.434 e. The van der Waals surface area contributed by atoms with Crippen LogP contribution in [0.1, 0.15) is 28.4 Å². The van der Waals surface area contributed by atoms with Gasteiger partial charge in [-0.1, -0.05) is 6.07 Å². The number of nitrogens with one attached hydrogen (secondary N) is 1. The van der Waals surface area contributed by atoms with E-state index < -0.39 is 6.61 Å². The van der Waals surface area contributed by atoms with Crippen LogP contribution in [0.4, 0.5) is 20.2 Å². The maximum Gasteiger partial charge on any atom is 0.387 e. The monoisotopic (exact) mass is 360 g/mol. The van der Waals surface area contributed by atoms with Crippen LogP contribution < -0.4 is 15.0 Å². The van der Waals surface area contributed by atoms with Gasteiger partial charge in [0.2, 0.25) is 5.91 Å². The molecule has 26 heavy (non-hydrogen) atoms. The molecule has 5 nitrogen and oxygen atoms in total. The van der Waals surface area contributed by atoms with Gasteiger partial charge in [-0.05, 0) is 49.2 Å². The molecule has 3 rings (SSSR count). The Morgan fingerprint density at radius 2 is 2.00 bits per heavy atom. The van der Waals surface area contributed by atoms with Gasteiger partial charge in [-0.15, -0.1) is 0 Å². The molecule has 0 aliphatic carbocycles. The lowest BCUT2D eigenvalue weighted by atomic mass is 10.1. The molecule has 1 aliphatic heterocycles. The molecule has 1 heterocycles. The third kappa shape index (κ3) is 3.51. The van der Waals surface area contributed by atoms with Crippen molar-refractivity contribution in [2.24, 2.45) is 0 Å². The van der Waals surface area contributed by atoms with Crippen molar-refractivity contribution in [1.29, 1.82) is 0 Å². The van der Waals surface area contributed by atoms with Crippen molar-refractivity contribution in [1.82, 2.24) is 0 Å². The highest BCUT2D eigenvalue weighted by atomic mass is 19.3. The highest BCUT2D eigenvalue weighted by molar-refractivity contribution is 6.05. The molecule has 0 spiro atoms. The topological polar surface area (TPSA) is 58.6 Å². The van der Waals surface area contributed by atoms with E-state index in [1.165, 1.54) is 19.1 Å². The van der Waals surface area contributed by atoms with E-state index in [9.17, 15) is 18.4 Å². The van der Waals surface area contributed by atoms with Crippen LogP contribution in [-0.2, 0) is 11.2 Å². The van der Waals surface area contributed by atoms with E-state index in [4.69, 9.17) is 0 Å². The molecule has 7 heteroatoms. The van der Waals surface area contributed by atoms with Crippen molar-refractivity contribution in [2.75, 3.05) is 16.8 Å². The molecular weight excluding hydrogens is 342 g/mol. The number of benzene rings is 2. The minimum absolute atomic E-state index is 0.0175. The Labute approximate surface area is 149 Å². The summed E-state index contributed by atoms with van der Waals surface area (Å²) < 4.78 is 29.3. The Hall–Kier alpha value is -2.96. The minimum atomic E-state index is -2.93. The second-order valence-corrected chi connectivity index (χ2v) is 6.03. The molecular formula is C19H18F2N2O3. The second-order valence-electron chi connectivity index (χ2n) is 6.03. The van der Waals surface area contributed by atoms with Crippen molar-refractivity contribution >= 4 is 23.2 Å². The summed E-state index contributed by atoms with van der Waals surface area (Å²) in [6.45, 7) is 0.774. The number of fused-ring (bicyclic) bond motifs is 1. The van der Waals surface area contributed by atoms with Gasteiger partial charge in [0.25, 0.3) is 5.91 Å². The SMILES string of the molecule is CC(=O)N1CCc2cc(C(=O)Nc3cccc(OC(F)F)c3C)ccc21. The van der Waals surface area contributed by atoms with Crippen LogP contribution in [0.5, 0.6) is 5.75 Å². The van der Waals surface area contributed by atoms with E-state index >= 15 is 0 Å². The fourth-order valence-corrected chi connectivity index (χ4v) is 3.04. The van der Waals surface area contributed by atoms with Crippen LogP contribution in [0.2, 0.25) is 0 Å². The van der Waals surface area contributed by atoms with Crippen LogP contribution in [0.15, 0.2) is 36.4 Å². The standard InChI is InChI=1S/C19H18F2N2O3/c1-11-15(4-3-5-17(11)26-19(20)21)22-18(25)14-6-7-16-13(10-14)8-9-23(16)12(2)24/h3-7,10,19H,8-9H2,1-2H3,(H,22,25). The third-order valence-corrected chi connectivity index (χ3v) is 4.37. The average Bonchev–Trinajstić information content (AvgIpc) is 3.01. The Morgan fingerprint density at radius 1 is 1.23 bits per heavy atom. The Balaban J connectivity index is 1.80. The molecule has 1 N–H and O–H groups in total. The summed E-state index contributed by atoms with van der Waals surface area (Å²) in [5.74, 6) is -0.373. The summed E-state index contributed by atoms with van der Waals surface area (Å²) in [5, 5.41) is 2.72. The third-order valence-electron chi connectivity index (χ3n) is 4.37. The van der Waals surface area contributed by atoms with Crippen LogP contribution in [-0.4, -0.2) is 25.0 Å². The predicted molar refractivity (Wildman–Crippen MR) is 93.9 cm³/mol. The lowest BCUT2D eigenvalue weighted by Gasteiger charge is -2.15. The number of halogens is 2. The van der Waals surface area contributed by atoms with Gasteiger partial charge in [0, 0.05) is 36.0 Å². The molecule has 0 radical (unpaired) electrons. The van der Waals surface area contributed by atoms with E-state index in [-0.39, 0.29) is 17.6 Å². The number of carbonyl (C=O) groups is 2. The summed E-state index contributed by atoms with van der Waals surface area (Å²) in [6.07, 6.45) is 0.687. The van der Waals surface area contributed by atoms with Gasteiger partial charge < -0.3 is 15.0 Å². The molecule has 2 aromatic rings. The number of ether oxygens (including phenoxy) is 1. The minimum Gasteiger partial charge on any atom is -0.434 e. The summed E-state index contributed by atoms with van der Waals surface area (Å²) >= 11 is 0. The Bertz CT molecular complexity index is 868. The molecule has 0 fully saturated rings. The molecule has 0 atom stereocenters. The van der Waals surface area contributed by atoms with E-state index in [0.717, 1.165) is 11.3 Å². The first kappa shape index (κ1) is 17.8. The molecule has 0 unspecified atom stereocenters. The quantitative estimate of drug-likeness (QED) is 0.903. The maximum absolute atomic E-state index is 12.5. The van der Waals surface area contributed by atoms with Gasteiger partial charge in [-0.2, -0.15) is 8.78 Å². The van der Waals surface area contributed by atoms with Crippen LogP contribution in [0.25, 0.3) is 0 Å². The lowest BCUT2D eigenvalue weighted by molar-refractivity contribution is -0.116. The van der Waals surface area contributed by atoms with Crippen LogP contribution in [0.3, 0.4) is 0 Å². The molecule has 2 aromatic carbocycles. The first-order chi connectivity index (χ1) is 12.4. The summed E-state index contributed by atoms with van der Waals surface area (Å²) in [5.41, 5.74) is 3.01. The van der Waals surface area contributed by atoms with Gasteiger partial charge in [-0.25, -0.2) is 0 Å². The fraction of sp³-hybridized carbons (Fsp3) is 0.263. The zero-order valence-corrected chi connectivity index (χ0v) is 14.4. The number of anilines is 2. The molecule has 0 bridgehead atoms. The molecule has 136 valence electrons. The summed E-state index contributed by atoms with van der Waals surface area (Å²) in [7, 11) is 0. The molecule has 1 aliphatic rings. The van der Waals surface area contributed by atoms with E-state index in [1.54, 1.807) is 36.1 Å². The van der Waals surface area contributed by atoms with Crippen molar-refractivity contribution in [3.05, 3.63) is 53.1 Å². The summed E-state index contributed by atoms with van der Waals surface area (Å²) in [4.78, 5) is 25.8. The van der Waals surface area contributed by atoms with E-state index in [1.807, 2.05) is 0 Å². The molecule has 0 saturated carbocycles. The highest BCUT2D eigenvalue weighted by Crippen LogP contribution is 2.30. The van der Waals surface area contributed by atoms with E-state index in [0.29, 0.717) is 29.8 Å². The van der Waals surface area contributed by atoms with Gasteiger partial charge >= 0.3 is 6.61 Å². The van der Waals surface area contributed by atoms with E-state index in [2.05, 4.69) is 10.1 Å². The van der Waals surface area contributed by atoms with Crippen LogP contribution >= 0.6 is 0 Å². The van der Waals surface area contributed by atoms with Crippen LogP contribution in [0, 0.1) is 6.92 Å². The zero-order chi connectivity index (χ0) is 18.8. The number of alkyl halides is 2. The zero-order valence-electron chi connectivity index (χ0n) is 14.4.